The van der Waals surface area contributed by atoms with Gasteiger partial charge in [-0.2, -0.15) is 0 Å². The van der Waals surface area contributed by atoms with Crippen LogP contribution in [0.15, 0.2) is 24.3 Å². The molecule has 0 heterocycles. The predicted octanol–water partition coefficient (Wildman–Crippen LogP) is 2.14. The van der Waals surface area contributed by atoms with Gasteiger partial charge in [0.2, 0.25) is 0 Å². The van der Waals surface area contributed by atoms with Crippen LogP contribution in [0.4, 0.5) is 0 Å². The van der Waals surface area contributed by atoms with Gasteiger partial charge in [0.1, 0.15) is 6.54 Å². The van der Waals surface area contributed by atoms with Crippen molar-refractivity contribution in [2.75, 3.05) is 42.5 Å². The maximum atomic E-state index is 5.49. The molecule has 0 atom stereocenters. The van der Waals surface area contributed by atoms with Gasteiger partial charge in [0.25, 0.3) is 0 Å². The molecule has 0 radical (unpaired) electrons. The summed E-state index contributed by atoms with van der Waals surface area (Å²) in [4.78, 5) is 0. The van der Waals surface area contributed by atoms with Gasteiger partial charge in [-0.1, -0.05) is 24.3 Å². The van der Waals surface area contributed by atoms with Gasteiger partial charge in [-0.05, 0) is 12.0 Å². The van der Waals surface area contributed by atoms with Gasteiger partial charge in [0, 0.05) is 32.9 Å². The third kappa shape index (κ3) is 6.25. The fourth-order valence-electron chi connectivity index (χ4n) is 2.31. The van der Waals surface area contributed by atoms with Crippen LogP contribution in [0.5, 0.6) is 0 Å². The molecule has 1 aromatic rings. The Balaban J connectivity index is 0.00000400. The highest BCUT2D eigenvalue weighted by molar-refractivity contribution is 6.60. The van der Waals surface area contributed by atoms with Crippen LogP contribution in [-0.4, -0.2) is 61.2 Å². The molecule has 21 heavy (non-hydrogen) atoms. The third-order valence-electron chi connectivity index (χ3n) is 3.40. The van der Waals surface area contributed by atoms with Gasteiger partial charge in [0.05, 0.1) is 21.1 Å². The minimum absolute atomic E-state index is 0. The molecule has 0 fully saturated rings. The lowest BCUT2D eigenvalue weighted by Gasteiger charge is -2.27. The molecular formula is C15H29NO4Si. The van der Waals surface area contributed by atoms with Gasteiger partial charge in [0.15, 0.2) is 0 Å². The van der Waals surface area contributed by atoms with E-state index in [1.807, 2.05) is 0 Å². The smallest absolute Gasteiger partial charge is 0.500 e. The molecule has 0 aliphatic carbocycles. The molecular weight excluding hydrogens is 286 g/mol. The first-order valence-electron chi connectivity index (χ1n) is 6.88. The highest BCUT2D eigenvalue weighted by Crippen LogP contribution is 2.20. The van der Waals surface area contributed by atoms with Crippen LogP contribution in [0.25, 0.3) is 0 Å². The quantitative estimate of drug-likeness (QED) is 0.545. The normalized spacial score (nSPS) is 12.1. The van der Waals surface area contributed by atoms with E-state index in [1.165, 1.54) is 11.1 Å². The number of benzene rings is 1. The molecule has 6 heteroatoms. The number of hydrogen-bond acceptors (Lipinski definition) is 4. The van der Waals surface area contributed by atoms with Gasteiger partial charge in [-0.25, -0.2) is 0 Å². The largest absolute Gasteiger partial charge is 0.870 e. The van der Waals surface area contributed by atoms with Crippen molar-refractivity contribution in [1.82, 2.24) is 0 Å². The summed E-state index contributed by atoms with van der Waals surface area (Å²) >= 11 is 0. The summed E-state index contributed by atoms with van der Waals surface area (Å²) in [5.41, 5.74) is 2.73. The minimum atomic E-state index is -2.49. The number of aryl methyl sites for hydroxylation is 1. The zero-order valence-electron chi connectivity index (χ0n) is 14.0. The lowest BCUT2D eigenvalue weighted by molar-refractivity contribution is -0.884. The van der Waals surface area contributed by atoms with Crippen molar-refractivity contribution >= 4 is 8.80 Å². The van der Waals surface area contributed by atoms with E-state index in [0.29, 0.717) is 0 Å². The summed E-state index contributed by atoms with van der Waals surface area (Å²) in [7, 11) is 9.12. The highest BCUT2D eigenvalue weighted by atomic mass is 28.4. The molecule has 122 valence electrons. The summed E-state index contributed by atoms with van der Waals surface area (Å²) in [6, 6.07) is 9.37. The fourth-order valence-corrected chi connectivity index (χ4v) is 4.00. The second-order valence-corrected chi connectivity index (χ2v) is 9.10. The fraction of sp³-hybridized carbons (Fsp3) is 0.600. The Bertz CT molecular complexity index is 408. The zero-order valence-corrected chi connectivity index (χ0v) is 15.0. The molecule has 0 amide bonds. The lowest BCUT2D eigenvalue weighted by atomic mass is 10.0. The average Bonchev–Trinajstić information content (AvgIpc) is 2.41. The topological polar surface area (TPSA) is 57.7 Å². The number of rotatable bonds is 8. The Hall–Kier alpha value is -0.763. The van der Waals surface area contributed by atoms with E-state index in [0.717, 1.165) is 23.5 Å². The maximum Gasteiger partial charge on any atom is 0.500 e. The van der Waals surface area contributed by atoms with E-state index in [-0.39, 0.29) is 5.48 Å². The molecule has 1 N–H and O–H groups in total. The van der Waals surface area contributed by atoms with Gasteiger partial charge >= 0.3 is 8.80 Å². The Morgan fingerprint density at radius 1 is 0.905 bits per heavy atom. The zero-order chi connectivity index (χ0) is 15.2. The SMILES string of the molecule is CO[Si](CCc1ccccc1C[N+](C)(C)C)(OC)OC.[OH-]. The van der Waals surface area contributed by atoms with E-state index in [9.17, 15) is 0 Å². The molecule has 0 saturated heterocycles. The summed E-state index contributed by atoms with van der Waals surface area (Å²) in [6.07, 6.45) is 0.915. The van der Waals surface area contributed by atoms with Crippen molar-refractivity contribution in [1.29, 1.82) is 0 Å². The lowest BCUT2D eigenvalue weighted by Crippen LogP contribution is -2.43. The second-order valence-electron chi connectivity index (χ2n) is 6.01. The van der Waals surface area contributed by atoms with E-state index >= 15 is 0 Å². The van der Waals surface area contributed by atoms with Crippen molar-refractivity contribution in [3.05, 3.63) is 35.4 Å². The molecule has 0 spiro atoms. The Morgan fingerprint density at radius 2 is 1.38 bits per heavy atom. The average molecular weight is 315 g/mol. The first-order valence-corrected chi connectivity index (χ1v) is 8.81. The molecule has 0 aliphatic heterocycles. The van der Waals surface area contributed by atoms with Gasteiger partial charge in [-0.15, -0.1) is 0 Å². The summed E-state index contributed by atoms with van der Waals surface area (Å²) in [5.74, 6) is 0. The molecule has 0 aromatic heterocycles. The van der Waals surface area contributed by atoms with Crippen LogP contribution < -0.4 is 0 Å². The van der Waals surface area contributed by atoms with Gasteiger partial charge in [-0.3, -0.25) is 0 Å². The van der Waals surface area contributed by atoms with E-state index in [4.69, 9.17) is 13.3 Å². The van der Waals surface area contributed by atoms with E-state index in [1.54, 1.807) is 21.3 Å². The van der Waals surface area contributed by atoms with Crippen molar-refractivity contribution < 1.29 is 23.2 Å². The minimum Gasteiger partial charge on any atom is -0.870 e. The van der Waals surface area contributed by atoms with Crippen LogP contribution in [0.3, 0.4) is 0 Å². The maximum absolute atomic E-state index is 5.49. The van der Waals surface area contributed by atoms with E-state index < -0.39 is 8.80 Å². The predicted molar refractivity (Wildman–Crippen MR) is 85.4 cm³/mol. The molecule has 0 saturated carbocycles. The number of hydrogen-bond donors (Lipinski definition) is 0. The number of nitrogens with zero attached hydrogens (tertiary/aromatic N) is 1. The highest BCUT2D eigenvalue weighted by Gasteiger charge is 2.37. The van der Waals surface area contributed by atoms with Crippen LogP contribution in [0, 0.1) is 0 Å². The Labute approximate surface area is 129 Å². The molecule has 5 nitrogen and oxygen atoms in total. The second kappa shape index (κ2) is 8.62. The van der Waals surface area contributed by atoms with Crippen LogP contribution in [-0.2, 0) is 26.2 Å². The van der Waals surface area contributed by atoms with Crippen LogP contribution >= 0.6 is 0 Å². The summed E-state index contributed by atoms with van der Waals surface area (Å²) in [6.45, 7) is 1.01. The molecule has 0 bridgehead atoms. The molecule has 0 aliphatic rings. The third-order valence-corrected chi connectivity index (χ3v) is 6.13. The molecule has 0 unspecified atom stereocenters. The molecule has 1 aromatic carbocycles. The first kappa shape index (κ1) is 20.2. The summed E-state index contributed by atoms with van der Waals surface area (Å²) in [5, 5.41) is 0. The summed E-state index contributed by atoms with van der Waals surface area (Å²) < 4.78 is 17.4. The Kier molecular flexibility index (Phi) is 8.31. The monoisotopic (exact) mass is 315 g/mol. The number of quaternary nitrogens is 1. The van der Waals surface area contributed by atoms with Crippen molar-refractivity contribution in [3.63, 3.8) is 0 Å². The Morgan fingerprint density at radius 3 is 1.81 bits per heavy atom. The van der Waals surface area contributed by atoms with Crippen LogP contribution in [0.2, 0.25) is 6.04 Å². The van der Waals surface area contributed by atoms with E-state index in [2.05, 4.69) is 45.4 Å². The van der Waals surface area contributed by atoms with Crippen LogP contribution in [0.1, 0.15) is 11.1 Å². The standard InChI is InChI=1S/C15H28NO3Si.H2O/c1-16(2,3)13-15-10-8-7-9-14(15)11-12-20(17-4,18-5)19-6;/h7-10H,11-13H2,1-6H3;1H2/q+1;/p-1. The van der Waals surface area contributed by atoms with Gasteiger partial charge < -0.3 is 23.2 Å². The molecule has 1 rings (SSSR count). The van der Waals surface area contributed by atoms with Crippen molar-refractivity contribution in [2.45, 2.75) is 19.0 Å². The van der Waals surface area contributed by atoms with Crippen molar-refractivity contribution in [3.8, 4) is 0 Å². The first-order chi connectivity index (χ1) is 9.36. The van der Waals surface area contributed by atoms with Crippen molar-refractivity contribution in [2.24, 2.45) is 0 Å².